The fourth-order valence-corrected chi connectivity index (χ4v) is 5.19. The number of hydrogen-bond acceptors (Lipinski definition) is 7. The zero-order chi connectivity index (χ0) is 21.1. The number of nitrogens with zero attached hydrogens (tertiary/aromatic N) is 4. The van der Waals surface area contributed by atoms with Crippen LogP contribution in [0.1, 0.15) is 12.8 Å². The van der Waals surface area contributed by atoms with Crippen LogP contribution in [-0.2, 0) is 9.59 Å². The molecule has 0 radical (unpaired) electrons. The van der Waals surface area contributed by atoms with E-state index in [4.69, 9.17) is 4.74 Å². The van der Waals surface area contributed by atoms with Gasteiger partial charge in [-0.1, -0.05) is 23.9 Å². The highest BCUT2D eigenvalue weighted by Gasteiger charge is 2.35. The van der Waals surface area contributed by atoms with Crippen molar-refractivity contribution in [3.8, 4) is 5.75 Å². The highest BCUT2D eigenvalue weighted by molar-refractivity contribution is 8.14. The monoisotopic (exact) mass is 432 g/mol. The molecule has 3 heterocycles. The van der Waals surface area contributed by atoms with Crippen molar-refractivity contribution in [2.24, 2.45) is 0 Å². The molecule has 3 saturated heterocycles. The second-order valence-corrected chi connectivity index (χ2v) is 8.79. The summed E-state index contributed by atoms with van der Waals surface area (Å²) in [6, 6.07) is 8.41. The first-order valence-corrected chi connectivity index (χ1v) is 11.4. The van der Waals surface area contributed by atoms with E-state index in [1.165, 1.54) is 0 Å². The SMILES string of the molecule is COc1ccccc1N1CCN(C2CCCN(C(=O)CN3C(=O)CSC3=O)C2)CC1. The predicted molar refractivity (Wildman–Crippen MR) is 116 cm³/mol. The Balaban J connectivity index is 1.31. The lowest BCUT2D eigenvalue weighted by Gasteiger charge is -2.44. The number of imide groups is 1. The molecular formula is C21H28N4O4S. The zero-order valence-electron chi connectivity index (χ0n) is 17.3. The second-order valence-electron chi connectivity index (χ2n) is 7.87. The van der Waals surface area contributed by atoms with E-state index in [2.05, 4.69) is 15.9 Å². The van der Waals surface area contributed by atoms with E-state index in [9.17, 15) is 14.4 Å². The first-order chi connectivity index (χ1) is 14.6. The molecule has 4 rings (SSSR count). The van der Waals surface area contributed by atoms with Gasteiger partial charge in [-0.05, 0) is 25.0 Å². The number of anilines is 1. The molecule has 3 aliphatic rings. The van der Waals surface area contributed by atoms with Gasteiger partial charge in [0.25, 0.3) is 5.24 Å². The number of carbonyl (C=O) groups is 3. The van der Waals surface area contributed by atoms with Gasteiger partial charge in [0.1, 0.15) is 12.3 Å². The van der Waals surface area contributed by atoms with E-state index >= 15 is 0 Å². The maximum absolute atomic E-state index is 12.7. The first-order valence-electron chi connectivity index (χ1n) is 10.4. The van der Waals surface area contributed by atoms with Crippen molar-refractivity contribution in [3.63, 3.8) is 0 Å². The summed E-state index contributed by atoms with van der Waals surface area (Å²) in [4.78, 5) is 44.0. The molecule has 0 spiro atoms. The molecule has 1 aromatic rings. The summed E-state index contributed by atoms with van der Waals surface area (Å²) in [6.07, 6.45) is 2.01. The van der Waals surface area contributed by atoms with Crippen LogP contribution in [0.15, 0.2) is 24.3 Å². The summed E-state index contributed by atoms with van der Waals surface area (Å²) in [5.74, 6) is 0.645. The minimum atomic E-state index is -0.311. The second kappa shape index (κ2) is 9.26. The van der Waals surface area contributed by atoms with Gasteiger partial charge in [-0.15, -0.1) is 0 Å². The number of piperazine rings is 1. The quantitative estimate of drug-likeness (QED) is 0.698. The minimum Gasteiger partial charge on any atom is -0.495 e. The van der Waals surface area contributed by atoms with Crippen molar-refractivity contribution >= 4 is 34.5 Å². The molecule has 0 saturated carbocycles. The van der Waals surface area contributed by atoms with Gasteiger partial charge in [-0.3, -0.25) is 24.2 Å². The molecule has 162 valence electrons. The number of methoxy groups -OCH3 is 1. The number of thioether (sulfide) groups is 1. The molecule has 9 heteroatoms. The van der Waals surface area contributed by atoms with E-state index in [0.717, 1.165) is 67.1 Å². The molecule has 1 aromatic carbocycles. The number of ether oxygens (including phenoxy) is 1. The van der Waals surface area contributed by atoms with Gasteiger partial charge >= 0.3 is 0 Å². The lowest BCUT2D eigenvalue weighted by molar-refractivity contribution is -0.138. The average molecular weight is 433 g/mol. The fourth-order valence-electron chi connectivity index (χ4n) is 4.47. The van der Waals surface area contributed by atoms with E-state index in [-0.39, 0.29) is 29.4 Å². The largest absolute Gasteiger partial charge is 0.495 e. The topological polar surface area (TPSA) is 73.4 Å². The maximum atomic E-state index is 12.7. The third-order valence-corrected chi connectivity index (χ3v) is 7.00. The molecule has 30 heavy (non-hydrogen) atoms. The van der Waals surface area contributed by atoms with Crippen LogP contribution in [0, 0.1) is 0 Å². The fraction of sp³-hybridized carbons (Fsp3) is 0.571. The Morgan fingerprint density at radius 1 is 1.13 bits per heavy atom. The molecule has 8 nitrogen and oxygen atoms in total. The average Bonchev–Trinajstić information content (AvgIpc) is 3.11. The molecule has 0 N–H and O–H groups in total. The normalized spacial score (nSPS) is 23.2. The molecule has 3 amide bonds. The molecule has 0 aliphatic carbocycles. The number of hydrogen-bond donors (Lipinski definition) is 0. The van der Waals surface area contributed by atoms with E-state index in [1.807, 2.05) is 23.1 Å². The van der Waals surface area contributed by atoms with Gasteiger partial charge in [0.2, 0.25) is 11.8 Å². The third-order valence-electron chi connectivity index (χ3n) is 6.14. The van der Waals surface area contributed by atoms with Crippen LogP contribution in [0.25, 0.3) is 0 Å². The highest BCUT2D eigenvalue weighted by Crippen LogP contribution is 2.29. The number of piperidine rings is 1. The Labute approximate surface area is 181 Å². The number of carbonyl (C=O) groups excluding carboxylic acids is 3. The van der Waals surface area contributed by atoms with Gasteiger partial charge in [0.15, 0.2) is 0 Å². The van der Waals surface area contributed by atoms with Crippen molar-refractivity contribution in [1.29, 1.82) is 0 Å². The Morgan fingerprint density at radius 2 is 1.90 bits per heavy atom. The van der Waals surface area contributed by atoms with Gasteiger partial charge in [0.05, 0.1) is 18.6 Å². The molecule has 3 aliphatic heterocycles. The lowest BCUT2D eigenvalue weighted by atomic mass is 10.0. The Bertz CT molecular complexity index is 796. The van der Waals surface area contributed by atoms with Crippen LogP contribution in [0.5, 0.6) is 5.75 Å². The summed E-state index contributed by atoms with van der Waals surface area (Å²) >= 11 is 0.971. The van der Waals surface area contributed by atoms with Crippen molar-refractivity contribution < 1.29 is 19.1 Å². The van der Waals surface area contributed by atoms with Crippen LogP contribution in [0.2, 0.25) is 0 Å². The molecule has 0 aromatic heterocycles. The summed E-state index contributed by atoms with van der Waals surface area (Å²) in [5, 5.41) is -0.311. The van der Waals surface area contributed by atoms with E-state index < -0.39 is 0 Å². The van der Waals surface area contributed by atoms with Gasteiger partial charge < -0.3 is 14.5 Å². The molecular weight excluding hydrogens is 404 g/mol. The van der Waals surface area contributed by atoms with Gasteiger partial charge in [-0.25, -0.2) is 0 Å². The van der Waals surface area contributed by atoms with E-state index in [1.54, 1.807) is 7.11 Å². The van der Waals surface area contributed by atoms with Crippen LogP contribution in [0.4, 0.5) is 10.5 Å². The summed E-state index contributed by atoms with van der Waals surface area (Å²) in [7, 11) is 1.70. The number of likely N-dealkylation sites (tertiary alicyclic amines) is 1. The van der Waals surface area contributed by atoms with Crippen LogP contribution < -0.4 is 9.64 Å². The van der Waals surface area contributed by atoms with Gasteiger partial charge in [-0.2, -0.15) is 0 Å². The Morgan fingerprint density at radius 3 is 2.60 bits per heavy atom. The first kappa shape index (κ1) is 21.0. The maximum Gasteiger partial charge on any atom is 0.289 e. The lowest BCUT2D eigenvalue weighted by Crippen LogP contribution is -2.56. The highest BCUT2D eigenvalue weighted by atomic mass is 32.2. The third kappa shape index (κ3) is 4.41. The molecule has 3 fully saturated rings. The van der Waals surface area contributed by atoms with Crippen LogP contribution in [0.3, 0.4) is 0 Å². The van der Waals surface area contributed by atoms with Crippen molar-refractivity contribution in [2.45, 2.75) is 18.9 Å². The van der Waals surface area contributed by atoms with Gasteiger partial charge in [0, 0.05) is 45.3 Å². The molecule has 1 unspecified atom stereocenters. The Hall–Kier alpha value is -2.26. The zero-order valence-corrected chi connectivity index (χ0v) is 18.1. The summed E-state index contributed by atoms with van der Waals surface area (Å²) in [6.45, 7) is 4.93. The molecule has 1 atom stereocenters. The van der Waals surface area contributed by atoms with Crippen molar-refractivity contribution in [1.82, 2.24) is 14.7 Å². The standard InChI is InChI=1S/C21H28N4O4S/c1-29-18-7-3-2-6-17(18)23-11-9-22(10-12-23)16-5-4-8-24(13-16)19(26)14-25-20(27)15-30-21(25)28/h2-3,6-7,16H,4-5,8-15H2,1H3. The Kier molecular flexibility index (Phi) is 6.48. The number of amides is 3. The summed E-state index contributed by atoms with van der Waals surface area (Å²) in [5.41, 5.74) is 1.12. The number of rotatable bonds is 5. The van der Waals surface area contributed by atoms with Crippen molar-refractivity contribution in [3.05, 3.63) is 24.3 Å². The predicted octanol–water partition coefficient (Wildman–Crippen LogP) is 1.50. The molecule has 0 bridgehead atoms. The van der Waals surface area contributed by atoms with Crippen molar-refractivity contribution in [2.75, 3.05) is 63.6 Å². The van der Waals surface area contributed by atoms with Crippen LogP contribution >= 0.6 is 11.8 Å². The smallest absolute Gasteiger partial charge is 0.289 e. The van der Waals surface area contributed by atoms with Crippen LogP contribution in [-0.4, -0.2) is 96.5 Å². The minimum absolute atomic E-state index is 0.126. The number of benzene rings is 1. The summed E-state index contributed by atoms with van der Waals surface area (Å²) < 4.78 is 5.50. The number of para-hydroxylation sites is 2. The van der Waals surface area contributed by atoms with E-state index in [0.29, 0.717) is 19.1 Å².